The van der Waals surface area contributed by atoms with E-state index in [1.165, 1.54) is 17.5 Å². The van der Waals surface area contributed by atoms with E-state index in [4.69, 9.17) is 4.74 Å². The highest BCUT2D eigenvalue weighted by Crippen LogP contribution is 2.31. The smallest absolute Gasteiger partial charge is 0.251 e. The SMILES string of the molecule is CCCN(CCCCNC(=O)c1ccc(-n2ccnn2)cc1)[C@@H]1CCc2c(cccc2OC)C1. The Hall–Kier alpha value is -3.19. The zero-order chi connectivity index (χ0) is 23.8. The summed E-state index contributed by atoms with van der Waals surface area (Å²) in [5.74, 6) is 0.996. The van der Waals surface area contributed by atoms with Crippen LogP contribution in [0, 0.1) is 0 Å². The predicted molar refractivity (Wildman–Crippen MR) is 134 cm³/mol. The lowest BCUT2D eigenvalue weighted by Gasteiger charge is -2.35. The molecule has 0 fully saturated rings. The molecule has 1 heterocycles. The van der Waals surface area contributed by atoms with Gasteiger partial charge in [0.1, 0.15) is 5.75 Å². The molecule has 1 aliphatic rings. The third-order valence-electron chi connectivity index (χ3n) is 6.63. The van der Waals surface area contributed by atoms with Gasteiger partial charge in [0.25, 0.3) is 5.91 Å². The van der Waals surface area contributed by atoms with Gasteiger partial charge in [-0.2, -0.15) is 0 Å². The first-order valence-corrected chi connectivity index (χ1v) is 12.3. The van der Waals surface area contributed by atoms with Crippen LogP contribution < -0.4 is 10.1 Å². The van der Waals surface area contributed by atoms with Crippen LogP contribution in [-0.2, 0) is 12.8 Å². The van der Waals surface area contributed by atoms with Gasteiger partial charge >= 0.3 is 0 Å². The Labute approximate surface area is 202 Å². The molecule has 0 unspecified atom stereocenters. The van der Waals surface area contributed by atoms with E-state index >= 15 is 0 Å². The molecule has 0 bridgehead atoms. The normalized spacial score (nSPS) is 15.2. The first kappa shape index (κ1) is 24.0. The lowest BCUT2D eigenvalue weighted by atomic mass is 9.86. The van der Waals surface area contributed by atoms with Gasteiger partial charge in [-0.15, -0.1) is 5.10 Å². The average molecular weight is 462 g/mol. The van der Waals surface area contributed by atoms with Gasteiger partial charge in [-0.25, -0.2) is 4.68 Å². The van der Waals surface area contributed by atoms with Gasteiger partial charge < -0.3 is 15.0 Å². The highest BCUT2D eigenvalue weighted by atomic mass is 16.5. The van der Waals surface area contributed by atoms with Crippen molar-refractivity contribution in [2.75, 3.05) is 26.7 Å². The Morgan fingerprint density at radius 3 is 2.76 bits per heavy atom. The number of ether oxygens (including phenoxy) is 1. The van der Waals surface area contributed by atoms with Crippen molar-refractivity contribution in [1.29, 1.82) is 0 Å². The van der Waals surface area contributed by atoms with Crippen LogP contribution in [0.2, 0.25) is 0 Å². The number of nitrogens with one attached hydrogen (secondary N) is 1. The summed E-state index contributed by atoms with van der Waals surface area (Å²) in [6, 6.07) is 14.4. The number of amides is 1. The van der Waals surface area contributed by atoms with E-state index in [9.17, 15) is 4.79 Å². The van der Waals surface area contributed by atoms with Gasteiger partial charge in [0.2, 0.25) is 0 Å². The van der Waals surface area contributed by atoms with Crippen LogP contribution in [0.5, 0.6) is 5.75 Å². The molecule has 3 aromatic rings. The zero-order valence-corrected chi connectivity index (χ0v) is 20.2. The number of carbonyl (C=O) groups is 1. The van der Waals surface area contributed by atoms with Crippen molar-refractivity contribution in [1.82, 2.24) is 25.2 Å². The molecule has 1 amide bonds. The monoisotopic (exact) mass is 461 g/mol. The van der Waals surface area contributed by atoms with Crippen molar-refractivity contribution in [2.24, 2.45) is 0 Å². The molecule has 0 aliphatic heterocycles. The van der Waals surface area contributed by atoms with E-state index in [0.717, 1.165) is 56.6 Å². The second kappa shape index (κ2) is 11.8. The standard InChI is InChI=1S/C27H35N5O2/c1-3-17-31(24-13-14-25-22(20-24)7-6-8-26(25)34-2)18-5-4-15-28-27(33)21-9-11-23(12-10-21)32-19-16-29-30-32/h6-12,16,19,24H,3-5,13-15,17-18,20H2,1-2H3,(H,28,33)/t24-/m1/s1. The molecule has 34 heavy (non-hydrogen) atoms. The van der Waals surface area contributed by atoms with Crippen LogP contribution in [-0.4, -0.2) is 58.6 Å². The van der Waals surface area contributed by atoms with E-state index in [0.29, 0.717) is 18.2 Å². The Morgan fingerprint density at radius 1 is 1.18 bits per heavy atom. The maximum atomic E-state index is 12.5. The number of hydrogen-bond acceptors (Lipinski definition) is 5. The van der Waals surface area contributed by atoms with Gasteiger partial charge in [-0.05, 0) is 93.1 Å². The number of fused-ring (bicyclic) bond motifs is 1. The molecule has 7 heteroatoms. The van der Waals surface area contributed by atoms with E-state index < -0.39 is 0 Å². The molecule has 4 rings (SSSR count). The molecule has 1 N–H and O–H groups in total. The van der Waals surface area contributed by atoms with Crippen molar-refractivity contribution in [3.05, 3.63) is 71.5 Å². The molecule has 0 saturated heterocycles. The topological polar surface area (TPSA) is 72.3 Å². The third kappa shape index (κ3) is 5.83. The fraction of sp³-hybridized carbons (Fsp3) is 0.444. The lowest BCUT2D eigenvalue weighted by molar-refractivity contribution is 0.0952. The largest absolute Gasteiger partial charge is 0.496 e. The quantitative estimate of drug-likeness (QED) is 0.436. The van der Waals surface area contributed by atoms with Crippen LogP contribution >= 0.6 is 0 Å². The summed E-state index contributed by atoms with van der Waals surface area (Å²) in [5.41, 5.74) is 4.36. The number of hydrogen-bond donors (Lipinski definition) is 1. The Morgan fingerprint density at radius 2 is 2.03 bits per heavy atom. The van der Waals surface area contributed by atoms with Crippen LogP contribution in [0.1, 0.15) is 54.1 Å². The number of rotatable bonds is 11. The van der Waals surface area contributed by atoms with Gasteiger partial charge in [0, 0.05) is 18.2 Å². The van der Waals surface area contributed by atoms with Crippen LogP contribution in [0.4, 0.5) is 0 Å². The third-order valence-corrected chi connectivity index (χ3v) is 6.63. The summed E-state index contributed by atoms with van der Waals surface area (Å²) in [6.45, 7) is 5.13. The molecule has 7 nitrogen and oxygen atoms in total. The summed E-state index contributed by atoms with van der Waals surface area (Å²) in [5, 5.41) is 10.8. The van der Waals surface area contributed by atoms with Gasteiger partial charge in [-0.3, -0.25) is 4.79 Å². The maximum absolute atomic E-state index is 12.5. The lowest BCUT2D eigenvalue weighted by Crippen LogP contribution is -2.40. The van der Waals surface area contributed by atoms with Crippen molar-refractivity contribution in [3.8, 4) is 11.4 Å². The van der Waals surface area contributed by atoms with E-state index in [-0.39, 0.29) is 5.91 Å². The number of nitrogens with zero attached hydrogens (tertiary/aromatic N) is 4. The van der Waals surface area contributed by atoms with Crippen LogP contribution in [0.3, 0.4) is 0 Å². The molecule has 1 atom stereocenters. The number of carbonyl (C=O) groups excluding carboxylic acids is 1. The molecule has 180 valence electrons. The summed E-state index contributed by atoms with van der Waals surface area (Å²) >= 11 is 0. The number of benzene rings is 2. The molecule has 0 radical (unpaired) electrons. The Bertz CT molecular complexity index is 1050. The first-order valence-electron chi connectivity index (χ1n) is 12.3. The van der Waals surface area contributed by atoms with Crippen molar-refractivity contribution in [2.45, 2.75) is 51.5 Å². The average Bonchev–Trinajstić information content (AvgIpc) is 3.42. The van der Waals surface area contributed by atoms with Gasteiger partial charge in [0.05, 0.1) is 25.2 Å². The fourth-order valence-corrected chi connectivity index (χ4v) is 4.88. The minimum atomic E-state index is -0.0339. The molecule has 1 aliphatic carbocycles. The first-order chi connectivity index (χ1) is 16.7. The maximum Gasteiger partial charge on any atom is 0.251 e. The minimum absolute atomic E-state index is 0.0339. The van der Waals surface area contributed by atoms with Crippen LogP contribution in [0.15, 0.2) is 54.9 Å². The zero-order valence-electron chi connectivity index (χ0n) is 20.2. The highest BCUT2D eigenvalue weighted by Gasteiger charge is 2.25. The second-order valence-corrected chi connectivity index (χ2v) is 8.89. The fourth-order valence-electron chi connectivity index (χ4n) is 4.88. The van der Waals surface area contributed by atoms with E-state index in [1.54, 1.807) is 24.2 Å². The number of methoxy groups -OCH3 is 1. The molecule has 0 spiro atoms. The molecular weight excluding hydrogens is 426 g/mol. The van der Waals surface area contributed by atoms with Crippen molar-refractivity contribution < 1.29 is 9.53 Å². The van der Waals surface area contributed by atoms with Crippen molar-refractivity contribution >= 4 is 5.91 Å². The Balaban J connectivity index is 1.22. The van der Waals surface area contributed by atoms with Gasteiger partial charge in [0.15, 0.2) is 0 Å². The summed E-state index contributed by atoms with van der Waals surface area (Å²) in [4.78, 5) is 15.1. The summed E-state index contributed by atoms with van der Waals surface area (Å²) in [7, 11) is 1.76. The minimum Gasteiger partial charge on any atom is -0.496 e. The second-order valence-electron chi connectivity index (χ2n) is 8.89. The van der Waals surface area contributed by atoms with E-state index in [1.807, 2.05) is 24.3 Å². The number of aromatic nitrogens is 3. The van der Waals surface area contributed by atoms with Crippen molar-refractivity contribution in [3.63, 3.8) is 0 Å². The number of unbranched alkanes of at least 4 members (excludes halogenated alkanes) is 1. The molecular formula is C27H35N5O2. The highest BCUT2D eigenvalue weighted by molar-refractivity contribution is 5.94. The molecule has 1 aromatic heterocycles. The van der Waals surface area contributed by atoms with Crippen LogP contribution in [0.25, 0.3) is 5.69 Å². The van der Waals surface area contributed by atoms with E-state index in [2.05, 4.69) is 45.7 Å². The Kier molecular flexibility index (Phi) is 8.31. The predicted octanol–water partition coefficient (Wildman–Crippen LogP) is 4.06. The summed E-state index contributed by atoms with van der Waals surface area (Å²) < 4.78 is 7.24. The van der Waals surface area contributed by atoms with Gasteiger partial charge in [-0.1, -0.05) is 24.3 Å². The molecule has 0 saturated carbocycles. The summed E-state index contributed by atoms with van der Waals surface area (Å²) in [6.07, 6.45) is 9.96. The molecule has 2 aromatic carbocycles.